The molecule has 5 aromatic rings. The molecule has 15 amide bonds. The van der Waals surface area contributed by atoms with Crippen molar-refractivity contribution >= 4 is 159 Å². The third kappa shape index (κ3) is 32.5. The van der Waals surface area contributed by atoms with Crippen molar-refractivity contribution in [3.63, 3.8) is 0 Å². The number of phenolic OH excluding ortho intramolecular Hbond substituents is 1. The summed E-state index contributed by atoms with van der Waals surface area (Å²) in [6.07, 6.45) is -7.87. The lowest BCUT2D eigenvalue weighted by Crippen LogP contribution is -2.62. The van der Waals surface area contributed by atoms with Gasteiger partial charge in [-0.25, -0.2) is 0 Å². The van der Waals surface area contributed by atoms with E-state index in [1.807, 2.05) is 0 Å². The van der Waals surface area contributed by atoms with Crippen LogP contribution in [0.5, 0.6) is 5.75 Å². The predicted octanol–water partition coefficient (Wildman–Crippen LogP) is -1.57. The van der Waals surface area contributed by atoms with Crippen molar-refractivity contribution in [2.45, 2.75) is 188 Å². The van der Waals surface area contributed by atoms with Gasteiger partial charge in [-0.1, -0.05) is 124 Å². The molecule has 0 aromatic heterocycles. The van der Waals surface area contributed by atoms with Crippen LogP contribution >= 0.6 is 35.3 Å². The smallest absolute Gasteiger partial charge is 0.305 e. The van der Waals surface area contributed by atoms with Crippen molar-refractivity contribution in [3.05, 3.63) is 149 Å². The quantitative estimate of drug-likeness (QED) is 0.0444. The van der Waals surface area contributed by atoms with E-state index in [2.05, 4.69) is 69.1 Å². The first kappa shape index (κ1) is 98.3. The number of carbonyl (C=O) groups excluding carboxylic acids is 15. The first-order valence-electron chi connectivity index (χ1n) is 39.2. The first-order valence-corrected chi connectivity index (χ1v) is 42.6. The van der Waals surface area contributed by atoms with E-state index in [4.69, 9.17) is 11.5 Å². The number of carbonyl (C=O) groups is 19. The van der Waals surface area contributed by atoms with E-state index in [9.17, 15) is 112 Å². The Labute approximate surface area is 723 Å². The molecule has 4 bridgehead atoms. The maximum absolute atomic E-state index is 15.1. The van der Waals surface area contributed by atoms with Crippen LogP contribution < -0.4 is 80.6 Å². The molecule has 0 fully saturated rings. The molecule has 22 N–H and O–H groups in total. The van der Waals surface area contributed by atoms with Gasteiger partial charge in [0.05, 0.1) is 25.8 Å². The molecule has 2 heterocycles. The van der Waals surface area contributed by atoms with Crippen molar-refractivity contribution in [3.8, 4) is 5.75 Å². The minimum atomic E-state index is -2.19. The standard InChI is InChI=1S/C82H101N15O24S3/c1-42-71(111)90-57(33-62(83)99)77(117)88-52(21-23-65(102)103)73(113)93-56(32-49-15-10-14-48-13-8-9-16-51(48)49)72(112)85-36-64(101)87-61-41-124-39-47-28-45(37-122-26-25-63(100)86-42)27-46(29-47)38-123-40-60(70(84)110)96-81(121)69(82(2,3)4)97-79(119)59(35-68(108)109)95-76(116)55(31-44-17-19-50(98)20-18-44)91-75(115)54(30-43-11-6-5-7-12-43)92-78(118)58(34-67(106)107)94-74(114)53(89-80(61)120)22-24-66(104)105/h5-20,27-29,42,52-61,69,98H,21-26,30-41H2,1-4H3,(H2,83,99)(H2,84,110)(H,85,112)(H,86,100)(H,87,101)(H,88,117)(H,89,120)(H,90,111)(H,91,115)(H,92,118)(H,93,113)(H,94,114)(H,95,116)(H,96,121)(H,97,119)(H,102,103)(H,104,105)(H,106,107)(H,108,109)/t42-,52+,53+,54+,55+,56+,57+,58+,59+,60+,61-,69-/m1/s1. The number of nitrogens with two attached hydrogens (primary N) is 2. The van der Waals surface area contributed by atoms with Gasteiger partial charge in [-0.2, -0.15) is 35.3 Å². The number of nitrogens with one attached hydrogen (secondary N) is 13. The SMILES string of the molecule is C[C@H]1NC(=O)CCSCc2cc3cc(c2)CSC[C@@H](NC(=O)CNC(=O)[C@H](Cc2cccc4ccccc24)NC(=O)[C@H](CCC(=O)O)NC(=O)[C@H](CC(N)=O)NC1=O)C(=O)N[C@@H](CCC(=O)O)C(=O)N[C@@H](CC(=O)O)C(=O)N[C@@H](Cc1ccccc1)C(=O)N[C@@H](Cc1ccc(O)cc1)C(=O)N[C@@H](CC(=O)O)C(=O)N[C@@H](C(C)(C)C)C(=O)N[C@H](C(N)=O)CSC3. The highest BCUT2D eigenvalue weighted by atomic mass is 32.2. The van der Waals surface area contributed by atoms with Crippen LogP contribution in [0.4, 0.5) is 0 Å². The molecule has 2 aliphatic heterocycles. The van der Waals surface area contributed by atoms with Crippen LogP contribution in [0.15, 0.2) is 115 Å². The van der Waals surface area contributed by atoms with Gasteiger partial charge in [0, 0.05) is 73.0 Å². The molecular weight excluding hydrogens is 1680 g/mol. The molecule has 39 nitrogen and oxygen atoms in total. The van der Waals surface area contributed by atoms with Gasteiger partial charge < -0.3 is 106 Å². The summed E-state index contributed by atoms with van der Waals surface area (Å²) in [4.78, 5) is 265. The third-order valence-corrected chi connectivity index (χ3v) is 22.6. The summed E-state index contributed by atoms with van der Waals surface area (Å²) < 4.78 is 0. The molecule has 0 radical (unpaired) electrons. The number of rotatable bonds is 19. The summed E-state index contributed by atoms with van der Waals surface area (Å²) >= 11 is 3.35. The summed E-state index contributed by atoms with van der Waals surface area (Å²) in [6.45, 7) is 4.84. The fourth-order valence-electron chi connectivity index (χ4n) is 13.0. The van der Waals surface area contributed by atoms with Crippen LogP contribution in [0.3, 0.4) is 0 Å². The van der Waals surface area contributed by atoms with E-state index < -0.39 is 260 Å². The number of fused-ring (bicyclic) bond motifs is 6. The zero-order valence-electron chi connectivity index (χ0n) is 68.0. The molecule has 2 aliphatic rings. The monoisotopic (exact) mass is 1780 g/mol. The second-order valence-corrected chi connectivity index (χ2v) is 33.7. The number of benzene rings is 5. The van der Waals surface area contributed by atoms with Crippen molar-refractivity contribution in [1.29, 1.82) is 0 Å². The number of aliphatic carboxylic acids is 4. The highest BCUT2D eigenvalue weighted by Crippen LogP contribution is 2.27. The normalized spacial score (nSPS) is 23.3. The van der Waals surface area contributed by atoms with Crippen LogP contribution in [0, 0.1) is 5.41 Å². The van der Waals surface area contributed by atoms with Gasteiger partial charge in [-0.3, -0.25) is 91.1 Å². The summed E-state index contributed by atoms with van der Waals surface area (Å²) in [6, 6.07) is 8.60. The number of phenols is 1. The van der Waals surface area contributed by atoms with Crippen LogP contribution in [-0.4, -0.2) is 234 Å². The Morgan fingerprint density at radius 1 is 0.419 bits per heavy atom. The average Bonchev–Trinajstić information content (AvgIpc) is 0.828. The number of primary amides is 2. The Balaban J connectivity index is 1.34. The Hall–Kier alpha value is -12.9. The zero-order chi connectivity index (χ0) is 91.1. The Morgan fingerprint density at radius 3 is 1.39 bits per heavy atom. The largest absolute Gasteiger partial charge is 0.508 e. The first-order chi connectivity index (χ1) is 58.7. The van der Waals surface area contributed by atoms with Crippen LogP contribution in [0.2, 0.25) is 0 Å². The van der Waals surface area contributed by atoms with Crippen molar-refractivity contribution in [2.75, 3.05) is 23.8 Å². The van der Waals surface area contributed by atoms with Gasteiger partial charge in [0.25, 0.3) is 0 Å². The number of amides is 15. The molecule has 0 saturated heterocycles. The number of hydrogen-bond acceptors (Lipinski definition) is 23. The van der Waals surface area contributed by atoms with E-state index in [1.54, 1.807) is 78.9 Å². The van der Waals surface area contributed by atoms with E-state index in [1.165, 1.54) is 75.9 Å². The molecule has 0 unspecified atom stereocenters. The Bertz CT molecular complexity index is 4780. The lowest BCUT2D eigenvalue weighted by molar-refractivity contribution is -0.142. The Kier molecular flexibility index (Phi) is 37.7. The number of carboxylic acid groups (broad SMARTS) is 4. The minimum absolute atomic E-state index is 0.0210. The molecule has 0 saturated carbocycles. The van der Waals surface area contributed by atoms with Gasteiger partial charge in [0.2, 0.25) is 88.6 Å². The summed E-state index contributed by atoms with van der Waals surface area (Å²) in [5, 5.41) is 83.5. The second-order valence-electron chi connectivity index (χ2n) is 30.5. The van der Waals surface area contributed by atoms with Gasteiger partial charge in [0.1, 0.15) is 78.3 Å². The molecule has 0 spiro atoms. The fourth-order valence-corrected chi connectivity index (χ4v) is 15.9. The second kappa shape index (κ2) is 47.5. The fraction of sp³-hybridized carbons (Fsp3) is 0.427. The van der Waals surface area contributed by atoms with Crippen molar-refractivity contribution in [2.24, 2.45) is 16.9 Å². The minimum Gasteiger partial charge on any atom is -0.508 e. The van der Waals surface area contributed by atoms with Crippen molar-refractivity contribution in [1.82, 2.24) is 69.1 Å². The molecular formula is C82H101N15O24S3. The molecule has 5 aromatic carbocycles. The van der Waals surface area contributed by atoms with Crippen LogP contribution in [0.25, 0.3) is 10.8 Å². The van der Waals surface area contributed by atoms with E-state index in [0.717, 1.165) is 23.5 Å². The summed E-state index contributed by atoms with van der Waals surface area (Å²) in [5.74, 6) is -24.0. The average molecular weight is 1780 g/mol. The lowest BCUT2D eigenvalue weighted by atomic mass is 9.85. The van der Waals surface area contributed by atoms with Crippen LogP contribution in [0.1, 0.15) is 112 Å². The topological polar surface area (TPSA) is 634 Å². The van der Waals surface area contributed by atoms with Crippen molar-refractivity contribution < 1.29 is 117 Å². The van der Waals surface area contributed by atoms with E-state index in [0.29, 0.717) is 38.6 Å². The van der Waals surface area contributed by atoms with Crippen LogP contribution in [-0.2, 0) is 128 Å². The molecule has 12 atom stereocenters. The van der Waals surface area contributed by atoms with E-state index in [-0.39, 0.29) is 52.9 Å². The predicted molar refractivity (Wildman–Crippen MR) is 452 cm³/mol. The van der Waals surface area contributed by atoms with Gasteiger partial charge in [0.15, 0.2) is 0 Å². The molecule has 7 rings (SSSR count). The molecule has 42 heteroatoms. The third-order valence-electron chi connectivity index (χ3n) is 19.4. The Morgan fingerprint density at radius 2 is 0.863 bits per heavy atom. The van der Waals surface area contributed by atoms with Gasteiger partial charge in [-0.05, 0) is 81.5 Å². The highest BCUT2D eigenvalue weighted by molar-refractivity contribution is 7.99. The number of thioether (sulfide) groups is 3. The van der Waals surface area contributed by atoms with Gasteiger partial charge >= 0.3 is 23.9 Å². The van der Waals surface area contributed by atoms with Gasteiger partial charge in [-0.15, -0.1) is 0 Å². The highest BCUT2D eigenvalue weighted by Gasteiger charge is 2.41. The lowest BCUT2D eigenvalue weighted by Gasteiger charge is -2.33. The summed E-state index contributed by atoms with van der Waals surface area (Å²) in [7, 11) is 0. The summed E-state index contributed by atoms with van der Waals surface area (Å²) in [5.41, 5.74) is 12.9. The molecule has 666 valence electrons. The number of aromatic hydroxyl groups is 1. The number of carboxylic acids is 4. The zero-order valence-corrected chi connectivity index (χ0v) is 70.4. The maximum atomic E-state index is 15.1. The number of hydrogen-bond donors (Lipinski definition) is 20. The van der Waals surface area contributed by atoms with E-state index >= 15 is 4.79 Å². The maximum Gasteiger partial charge on any atom is 0.305 e. The molecule has 124 heavy (non-hydrogen) atoms. The molecule has 0 aliphatic carbocycles.